The van der Waals surface area contributed by atoms with E-state index in [4.69, 9.17) is 0 Å². The second kappa shape index (κ2) is 7.32. The molecule has 1 atom stereocenters. The number of fused-ring (bicyclic) bond motifs is 1. The van der Waals surface area contributed by atoms with Crippen LogP contribution in [0.4, 0.5) is 0 Å². The lowest BCUT2D eigenvalue weighted by atomic mass is 10.1. The van der Waals surface area contributed by atoms with E-state index >= 15 is 0 Å². The Morgan fingerprint density at radius 3 is 2.62 bits per heavy atom. The average Bonchev–Trinajstić information content (AvgIpc) is 3.27. The van der Waals surface area contributed by atoms with Gasteiger partial charge in [-0.1, -0.05) is 42.0 Å². The molecule has 0 saturated carbocycles. The molecule has 0 aliphatic carbocycles. The van der Waals surface area contributed by atoms with Crippen LogP contribution >= 0.6 is 0 Å². The Kier molecular flexibility index (Phi) is 4.82. The minimum atomic E-state index is -0.369. The first-order valence-corrected chi connectivity index (χ1v) is 9.92. The van der Waals surface area contributed by atoms with Crippen LogP contribution in [-0.2, 0) is 6.54 Å². The van der Waals surface area contributed by atoms with Gasteiger partial charge >= 0.3 is 0 Å². The number of aryl methyl sites for hydroxylation is 2. The fourth-order valence-corrected chi connectivity index (χ4v) is 4.49. The van der Waals surface area contributed by atoms with E-state index in [0.717, 1.165) is 17.5 Å². The molecule has 5 heteroatoms. The number of rotatable bonds is 4. The van der Waals surface area contributed by atoms with Gasteiger partial charge < -0.3 is 19.7 Å². The minimum absolute atomic E-state index is 0.0130. The number of aliphatic hydroxyl groups excluding tert-OH is 1. The Morgan fingerprint density at radius 2 is 1.93 bits per heavy atom. The third-order valence-corrected chi connectivity index (χ3v) is 5.65. The number of nitrogens with zero attached hydrogens (tertiary/aromatic N) is 2. The molecular formula is C24H26N2O3. The summed E-state index contributed by atoms with van der Waals surface area (Å²) in [6.45, 7) is 8.94. The number of aliphatic hydroxyl groups is 1. The molecule has 1 aromatic heterocycles. The molecule has 1 unspecified atom stereocenters. The summed E-state index contributed by atoms with van der Waals surface area (Å²) in [5.74, 6) is -0.0870. The predicted octanol–water partition coefficient (Wildman–Crippen LogP) is 4.69. The zero-order valence-corrected chi connectivity index (χ0v) is 16.9. The zero-order chi connectivity index (χ0) is 20.7. The quantitative estimate of drug-likeness (QED) is 0.635. The molecule has 4 rings (SSSR count). The summed E-state index contributed by atoms with van der Waals surface area (Å²) in [5.41, 5.74) is 4.79. The summed E-state index contributed by atoms with van der Waals surface area (Å²) in [4.78, 5) is 15.0. The van der Waals surface area contributed by atoms with Gasteiger partial charge in [0.15, 0.2) is 0 Å². The lowest BCUT2D eigenvalue weighted by Gasteiger charge is -2.23. The molecule has 29 heavy (non-hydrogen) atoms. The summed E-state index contributed by atoms with van der Waals surface area (Å²) in [6.07, 6.45) is 3.34. The largest absolute Gasteiger partial charge is 0.511 e. The SMILES string of the molecule is C=C(O)C1CCCN1C(=O)c1cn(Cc2cc(C)cc(C)c2)c2cccc(O)c12. The molecule has 1 aliphatic rings. The number of hydrogen-bond acceptors (Lipinski definition) is 3. The van der Waals surface area contributed by atoms with Crippen molar-refractivity contribution in [1.82, 2.24) is 9.47 Å². The first-order chi connectivity index (χ1) is 13.8. The number of carbonyl (C=O) groups excluding carboxylic acids is 1. The van der Waals surface area contributed by atoms with Gasteiger partial charge in [-0.3, -0.25) is 4.79 Å². The summed E-state index contributed by atoms with van der Waals surface area (Å²) in [5, 5.41) is 21.0. The van der Waals surface area contributed by atoms with Crippen molar-refractivity contribution in [3.63, 3.8) is 0 Å². The highest BCUT2D eigenvalue weighted by atomic mass is 16.3. The van der Waals surface area contributed by atoms with E-state index in [1.54, 1.807) is 17.0 Å². The van der Waals surface area contributed by atoms with Gasteiger partial charge in [0.1, 0.15) is 11.5 Å². The maximum atomic E-state index is 13.4. The highest BCUT2D eigenvalue weighted by Gasteiger charge is 2.33. The zero-order valence-electron chi connectivity index (χ0n) is 16.9. The van der Waals surface area contributed by atoms with Crippen molar-refractivity contribution >= 4 is 16.8 Å². The van der Waals surface area contributed by atoms with Crippen molar-refractivity contribution in [1.29, 1.82) is 0 Å². The van der Waals surface area contributed by atoms with Crippen LogP contribution in [0.5, 0.6) is 5.75 Å². The number of aromatic hydroxyl groups is 1. The highest BCUT2D eigenvalue weighted by Crippen LogP contribution is 2.33. The van der Waals surface area contributed by atoms with Crippen molar-refractivity contribution in [3.05, 3.63) is 77.2 Å². The Hall–Kier alpha value is -3.21. The number of hydrogen-bond donors (Lipinski definition) is 2. The number of benzene rings is 2. The van der Waals surface area contributed by atoms with Crippen molar-refractivity contribution in [2.75, 3.05) is 6.54 Å². The van der Waals surface area contributed by atoms with Gasteiger partial charge in [-0.2, -0.15) is 0 Å². The molecular weight excluding hydrogens is 364 g/mol. The maximum absolute atomic E-state index is 13.4. The smallest absolute Gasteiger partial charge is 0.256 e. The van der Waals surface area contributed by atoms with Crippen LogP contribution < -0.4 is 0 Å². The van der Waals surface area contributed by atoms with E-state index in [1.165, 1.54) is 11.1 Å². The number of phenols is 1. The summed E-state index contributed by atoms with van der Waals surface area (Å²) in [6, 6.07) is 11.3. The molecule has 2 aromatic carbocycles. The van der Waals surface area contributed by atoms with Crippen molar-refractivity contribution in [2.45, 2.75) is 39.3 Å². The number of aromatic nitrogens is 1. The molecule has 1 fully saturated rings. The lowest BCUT2D eigenvalue weighted by molar-refractivity contribution is 0.0731. The number of phenolic OH excluding ortho intramolecular Hbond substituents is 1. The molecule has 2 N–H and O–H groups in total. The molecule has 1 saturated heterocycles. The van der Waals surface area contributed by atoms with Gasteiger partial charge in [-0.05, 0) is 44.4 Å². The summed E-state index contributed by atoms with van der Waals surface area (Å²) < 4.78 is 2.01. The van der Waals surface area contributed by atoms with Crippen molar-refractivity contribution in [3.8, 4) is 5.75 Å². The maximum Gasteiger partial charge on any atom is 0.256 e. The second-order valence-electron chi connectivity index (χ2n) is 7.99. The van der Waals surface area contributed by atoms with E-state index < -0.39 is 0 Å². The van der Waals surface area contributed by atoms with E-state index in [1.807, 2.05) is 16.8 Å². The van der Waals surface area contributed by atoms with Gasteiger partial charge in [0.05, 0.1) is 22.5 Å². The van der Waals surface area contributed by atoms with Gasteiger partial charge in [-0.15, -0.1) is 0 Å². The van der Waals surface area contributed by atoms with Crippen LogP contribution in [0.25, 0.3) is 10.9 Å². The normalized spacial score (nSPS) is 16.5. The van der Waals surface area contributed by atoms with E-state index in [9.17, 15) is 15.0 Å². The second-order valence-corrected chi connectivity index (χ2v) is 7.99. The fourth-order valence-electron chi connectivity index (χ4n) is 4.49. The third kappa shape index (κ3) is 3.48. The Labute approximate surface area is 170 Å². The number of likely N-dealkylation sites (tertiary alicyclic amines) is 1. The standard InChI is InChI=1S/C24H26N2O3/c1-15-10-16(2)12-18(11-15)13-25-14-19(23-21(25)6-4-8-22(23)28)24(29)26-9-5-7-20(26)17(3)27/h4,6,8,10-12,14,20,27-28H,3,5,7,9,13H2,1-2H3. The molecule has 1 amide bonds. The molecule has 5 nitrogen and oxygen atoms in total. The number of carbonyl (C=O) groups is 1. The van der Waals surface area contributed by atoms with Gasteiger partial charge in [0.25, 0.3) is 5.91 Å². The van der Waals surface area contributed by atoms with Gasteiger partial charge in [0.2, 0.25) is 0 Å². The van der Waals surface area contributed by atoms with Crippen LogP contribution in [-0.4, -0.2) is 38.2 Å². The van der Waals surface area contributed by atoms with E-state index in [0.29, 0.717) is 30.5 Å². The van der Waals surface area contributed by atoms with Crippen molar-refractivity contribution in [2.24, 2.45) is 0 Å². The highest BCUT2D eigenvalue weighted by molar-refractivity contribution is 6.09. The Balaban J connectivity index is 1.79. The number of amides is 1. The average molecular weight is 390 g/mol. The molecule has 0 radical (unpaired) electrons. The molecule has 0 bridgehead atoms. The topological polar surface area (TPSA) is 65.7 Å². The van der Waals surface area contributed by atoms with Crippen LogP contribution in [0.1, 0.15) is 39.9 Å². The van der Waals surface area contributed by atoms with E-state index in [-0.39, 0.29) is 23.5 Å². The first kappa shape index (κ1) is 19.1. The summed E-state index contributed by atoms with van der Waals surface area (Å²) in [7, 11) is 0. The first-order valence-electron chi connectivity index (χ1n) is 9.92. The monoisotopic (exact) mass is 390 g/mol. The van der Waals surface area contributed by atoms with Crippen LogP contribution in [0.2, 0.25) is 0 Å². The van der Waals surface area contributed by atoms with Crippen LogP contribution in [0.15, 0.2) is 54.9 Å². The summed E-state index contributed by atoms with van der Waals surface area (Å²) >= 11 is 0. The van der Waals surface area contributed by atoms with Crippen molar-refractivity contribution < 1.29 is 15.0 Å². The molecule has 1 aliphatic heterocycles. The van der Waals surface area contributed by atoms with Crippen LogP contribution in [0, 0.1) is 13.8 Å². The minimum Gasteiger partial charge on any atom is -0.511 e. The van der Waals surface area contributed by atoms with E-state index in [2.05, 4.69) is 38.6 Å². The lowest BCUT2D eigenvalue weighted by Crippen LogP contribution is -2.36. The Morgan fingerprint density at radius 1 is 1.21 bits per heavy atom. The third-order valence-electron chi connectivity index (χ3n) is 5.65. The van der Waals surface area contributed by atoms with Gasteiger partial charge in [0, 0.05) is 19.3 Å². The molecule has 150 valence electrons. The molecule has 2 heterocycles. The predicted molar refractivity (Wildman–Crippen MR) is 114 cm³/mol. The van der Waals surface area contributed by atoms with Crippen LogP contribution in [0.3, 0.4) is 0 Å². The Bertz CT molecular complexity index is 1090. The fraction of sp³-hybridized carbons (Fsp3) is 0.292. The van der Waals surface area contributed by atoms with Gasteiger partial charge in [-0.25, -0.2) is 0 Å². The molecule has 0 spiro atoms. The molecule has 3 aromatic rings.